The highest BCUT2D eigenvalue weighted by Gasteiger charge is 2.35. The van der Waals surface area contributed by atoms with Gasteiger partial charge in [0.05, 0.1) is 23.6 Å². The monoisotopic (exact) mass is 339 g/mol. The Labute approximate surface area is 135 Å². The maximum Gasteiger partial charge on any atom is 0.241 e. The maximum atomic E-state index is 12.0. The number of aromatic nitrogens is 2. The first-order chi connectivity index (χ1) is 10.9. The van der Waals surface area contributed by atoms with Gasteiger partial charge in [-0.15, -0.1) is 0 Å². The molecule has 0 aromatic carbocycles. The summed E-state index contributed by atoms with van der Waals surface area (Å²) in [6.07, 6.45) is 8.04. The van der Waals surface area contributed by atoms with Crippen molar-refractivity contribution in [2.45, 2.75) is 43.5 Å². The Morgan fingerprint density at radius 3 is 2.83 bits per heavy atom. The molecule has 2 aromatic rings. The zero-order valence-electron chi connectivity index (χ0n) is 13.3. The van der Waals surface area contributed by atoms with Crippen molar-refractivity contribution in [2.24, 2.45) is 0 Å². The Kier molecular flexibility index (Phi) is 4.54. The predicted molar refractivity (Wildman–Crippen MR) is 84.4 cm³/mol. The van der Waals surface area contributed by atoms with Crippen molar-refractivity contribution in [2.75, 3.05) is 13.3 Å². The maximum absolute atomic E-state index is 12.0. The molecule has 2 atom stereocenters. The van der Waals surface area contributed by atoms with E-state index in [9.17, 15) is 8.42 Å². The summed E-state index contributed by atoms with van der Waals surface area (Å²) >= 11 is 0. The number of hydrogen-bond acceptors (Lipinski definition) is 7. The molecule has 0 radical (unpaired) electrons. The number of sulfone groups is 1. The average Bonchev–Trinajstić information content (AvgIpc) is 3.17. The molecule has 0 unspecified atom stereocenters. The van der Waals surface area contributed by atoms with Crippen LogP contribution in [0, 0.1) is 0 Å². The summed E-state index contributed by atoms with van der Waals surface area (Å²) in [4.78, 5) is 6.36. The van der Waals surface area contributed by atoms with Crippen LogP contribution in [0.25, 0.3) is 11.4 Å². The zero-order valence-corrected chi connectivity index (χ0v) is 14.1. The minimum absolute atomic E-state index is 0.0111. The number of rotatable bonds is 5. The van der Waals surface area contributed by atoms with Gasteiger partial charge in [0.25, 0.3) is 0 Å². The molecule has 1 aliphatic carbocycles. The van der Waals surface area contributed by atoms with Gasteiger partial charge >= 0.3 is 0 Å². The molecule has 1 fully saturated rings. The predicted octanol–water partition coefficient (Wildman–Crippen LogP) is 2.12. The van der Waals surface area contributed by atoms with Crippen LogP contribution in [0.15, 0.2) is 27.5 Å². The Morgan fingerprint density at radius 2 is 2.13 bits per heavy atom. The van der Waals surface area contributed by atoms with Crippen LogP contribution >= 0.6 is 0 Å². The first kappa shape index (κ1) is 16.2. The normalized spacial score (nSPS) is 22.6. The highest BCUT2D eigenvalue weighted by molar-refractivity contribution is 7.91. The summed E-state index contributed by atoms with van der Waals surface area (Å²) in [7, 11) is -1.15. The van der Waals surface area contributed by atoms with E-state index in [1.165, 1.54) is 6.26 Å². The van der Waals surface area contributed by atoms with Gasteiger partial charge in [-0.25, -0.2) is 8.42 Å². The highest BCUT2D eigenvalue weighted by Crippen LogP contribution is 2.28. The van der Waals surface area contributed by atoms with Gasteiger partial charge in [0.15, 0.2) is 9.84 Å². The number of hydrogen-bond donors (Lipinski definition) is 0. The fraction of sp³-hybridized carbons (Fsp3) is 0.600. The fourth-order valence-corrected chi connectivity index (χ4v) is 4.75. The molecular formula is C15H21N3O4S. The van der Waals surface area contributed by atoms with Gasteiger partial charge in [-0.05, 0) is 26.0 Å². The fourth-order valence-electron chi connectivity index (χ4n) is 3.24. The molecule has 3 rings (SSSR count). The van der Waals surface area contributed by atoms with E-state index < -0.39 is 9.84 Å². The van der Waals surface area contributed by atoms with Crippen molar-refractivity contribution in [1.82, 2.24) is 15.0 Å². The van der Waals surface area contributed by atoms with Crippen LogP contribution in [0.5, 0.6) is 0 Å². The summed E-state index contributed by atoms with van der Waals surface area (Å²) < 4.78 is 34.3. The summed E-state index contributed by atoms with van der Waals surface area (Å²) in [6, 6.07) is 1.75. The van der Waals surface area contributed by atoms with Gasteiger partial charge < -0.3 is 8.94 Å². The van der Waals surface area contributed by atoms with E-state index in [0.29, 0.717) is 18.3 Å². The minimum Gasteiger partial charge on any atom is -0.472 e. The van der Waals surface area contributed by atoms with Gasteiger partial charge in [-0.3, -0.25) is 4.90 Å². The van der Waals surface area contributed by atoms with Crippen LogP contribution in [-0.2, 0) is 16.4 Å². The quantitative estimate of drug-likeness (QED) is 0.824. The van der Waals surface area contributed by atoms with Gasteiger partial charge in [0, 0.05) is 12.3 Å². The lowest BCUT2D eigenvalue weighted by molar-refractivity contribution is 0.167. The van der Waals surface area contributed by atoms with E-state index in [0.717, 1.165) is 31.2 Å². The molecule has 0 aliphatic heterocycles. The smallest absolute Gasteiger partial charge is 0.241 e. The van der Waals surface area contributed by atoms with Gasteiger partial charge in [-0.2, -0.15) is 4.98 Å². The second-order valence-corrected chi connectivity index (χ2v) is 8.42. The lowest BCUT2D eigenvalue weighted by Crippen LogP contribution is -2.46. The first-order valence-corrected chi connectivity index (χ1v) is 9.65. The van der Waals surface area contributed by atoms with E-state index in [1.807, 2.05) is 11.9 Å². The summed E-state index contributed by atoms with van der Waals surface area (Å²) in [5, 5.41) is 3.61. The summed E-state index contributed by atoms with van der Waals surface area (Å²) in [6.45, 7) is 0.432. The molecule has 0 bridgehead atoms. The van der Waals surface area contributed by atoms with E-state index in [2.05, 4.69) is 10.1 Å². The molecule has 126 valence electrons. The van der Waals surface area contributed by atoms with Crippen molar-refractivity contribution in [3.63, 3.8) is 0 Å². The topological polar surface area (TPSA) is 89.4 Å². The van der Waals surface area contributed by atoms with Gasteiger partial charge in [0.1, 0.15) is 6.26 Å². The lowest BCUT2D eigenvalue weighted by atomic mass is 9.94. The Balaban J connectivity index is 1.72. The molecule has 2 aromatic heterocycles. The van der Waals surface area contributed by atoms with Crippen molar-refractivity contribution < 1.29 is 17.4 Å². The molecule has 2 heterocycles. The van der Waals surface area contributed by atoms with Crippen LogP contribution in [-0.4, -0.2) is 48.1 Å². The van der Waals surface area contributed by atoms with Crippen LogP contribution in [0.3, 0.4) is 0 Å². The van der Waals surface area contributed by atoms with E-state index in [-0.39, 0.29) is 11.3 Å². The summed E-state index contributed by atoms with van der Waals surface area (Å²) in [5.74, 6) is 0.951. The molecule has 0 saturated heterocycles. The standard InChI is InChI=1S/C15H21N3O4S/c1-18(12-5-3-4-6-13(12)23(2,19)20)9-14-16-15(17-22-14)11-7-8-21-10-11/h7-8,10,12-13H,3-6,9H2,1-2H3/t12-,13-/m0/s1. The second-order valence-electron chi connectivity index (χ2n) is 6.16. The van der Waals surface area contributed by atoms with E-state index in [4.69, 9.17) is 8.94 Å². The van der Waals surface area contributed by atoms with Gasteiger partial charge in [0.2, 0.25) is 11.7 Å². The third-order valence-electron chi connectivity index (χ3n) is 4.42. The van der Waals surface area contributed by atoms with Crippen LogP contribution in [0.1, 0.15) is 31.6 Å². The molecule has 0 N–H and O–H groups in total. The molecule has 0 spiro atoms. The van der Waals surface area contributed by atoms with E-state index >= 15 is 0 Å². The zero-order chi connectivity index (χ0) is 16.4. The second kappa shape index (κ2) is 6.45. The van der Waals surface area contributed by atoms with Crippen LogP contribution in [0.4, 0.5) is 0 Å². The van der Waals surface area contributed by atoms with Gasteiger partial charge in [-0.1, -0.05) is 18.0 Å². The van der Waals surface area contributed by atoms with Crippen molar-refractivity contribution >= 4 is 9.84 Å². The molecular weight excluding hydrogens is 318 g/mol. The number of furan rings is 1. The Bertz CT molecular complexity index is 739. The van der Waals surface area contributed by atoms with E-state index in [1.54, 1.807) is 18.6 Å². The van der Waals surface area contributed by atoms with Crippen LogP contribution < -0.4 is 0 Å². The molecule has 7 nitrogen and oxygen atoms in total. The first-order valence-electron chi connectivity index (χ1n) is 7.69. The molecule has 8 heteroatoms. The third-order valence-corrected chi connectivity index (χ3v) is 6.07. The average molecular weight is 339 g/mol. The molecule has 0 amide bonds. The lowest BCUT2D eigenvalue weighted by Gasteiger charge is -2.36. The molecule has 1 saturated carbocycles. The summed E-state index contributed by atoms with van der Waals surface area (Å²) in [5.41, 5.74) is 0.759. The van der Waals surface area contributed by atoms with Crippen molar-refractivity contribution in [3.05, 3.63) is 24.5 Å². The Morgan fingerprint density at radius 1 is 1.35 bits per heavy atom. The molecule has 23 heavy (non-hydrogen) atoms. The largest absolute Gasteiger partial charge is 0.472 e. The van der Waals surface area contributed by atoms with Crippen molar-refractivity contribution in [1.29, 1.82) is 0 Å². The highest BCUT2D eigenvalue weighted by atomic mass is 32.2. The third kappa shape index (κ3) is 3.64. The molecule has 1 aliphatic rings. The van der Waals surface area contributed by atoms with Crippen molar-refractivity contribution in [3.8, 4) is 11.4 Å². The minimum atomic E-state index is -3.06. The SMILES string of the molecule is CN(Cc1nc(-c2ccoc2)no1)[C@H]1CCCC[C@@H]1S(C)(=O)=O. The van der Waals surface area contributed by atoms with Crippen LogP contribution in [0.2, 0.25) is 0 Å². The number of nitrogens with zero attached hydrogens (tertiary/aromatic N) is 3. The Hall–Kier alpha value is -1.67.